The second kappa shape index (κ2) is 8.36. The number of anilines is 1. The van der Waals surface area contributed by atoms with E-state index in [1.807, 2.05) is 109 Å². The van der Waals surface area contributed by atoms with Crippen LogP contribution < -0.4 is 5.73 Å². The van der Waals surface area contributed by atoms with Crippen molar-refractivity contribution < 1.29 is 4.79 Å². The van der Waals surface area contributed by atoms with Crippen molar-refractivity contribution in [3.8, 4) is 0 Å². The first-order valence-electron chi connectivity index (χ1n) is 9.40. The average Bonchev–Trinajstić information content (AvgIpc) is 2.79. The minimum Gasteiger partial charge on any atom is -0.399 e. The third-order valence-corrected chi connectivity index (χ3v) is 4.64. The van der Waals surface area contributed by atoms with Crippen molar-refractivity contribution in [1.82, 2.24) is 0 Å². The quantitative estimate of drug-likeness (QED) is 0.277. The smallest absolute Gasteiger partial charge is 0.193 e. The first-order valence-corrected chi connectivity index (χ1v) is 9.40. The van der Waals surface area contributed by atoms with Crippen molar-refractivity contribution >= 4 is 22.9 Å². The number of nitrogen functional groups attached to an aromatic ring is 1. The molecule has 4 aromatic rings. The molecular formula is C26H20N2O. The van der Waals surface area contributed by atoms with E-state index >= 15 is 0 Å². The molecule has 4 rings (SSSR count). The van der Waals surface area contributed by atoms with E-state index in [9.17, 15) is 4.79 Å². The predicted octanol–water partition coefficient (Wildman–Crippen LogP) is 5.67. The van der Waals surface area contributed by atoms with Crippen molar-refractivity contribution in [2.45, 2.75) is 0 Å². The number of nitrogens with two attached hydrogens (primary N) is 1. The third-order valence-electron chi connectivity index (χ3n) is 4.64. The van der Waals surface area contributed by atoms with Crippen LogP contribution in [0, 0.1) is 0 Å². The maximum atomic E-state index is 12.6. The molecule has 0 fully saturated rings. The third kappa shape index (κ3) is 4.30. The molecule has 3 nitrogen and oxygen atoms in total. The van der Waals surface area contributed by atoms with E-state index in [0.29, 0.717) is 16.8 Å². The first kappa shape index (κ1) is 18.4. The highest BCUT2D eigenvalue weighted by Gasteiger charge is 2.10. The highest BCUT2D eigenvalue weighted by atomic mass is 16.1. The van der Waals surface area contributed by atoms with E-state index < -0.39 is 0 Å². The summed E-state index contributed by atoms with van der Waals surface area (Å²) in [6, 6.07) is 34.4. The zero-order valence-corrected chi connectivity index (χ0v) is 15.8. The summed E-state index contributed by atoms with van der Waals surface area (Å²) in [6.45, 7) is 0. The van der Waals surface area contributed by atoms with Crippen molar-refractivity contribution in [2.24, 2.45) is 4.99 Å². The minimum atomic E-state index is 0.00273. The maximum Gasteiger partial charge on any atom is 0.193 e. The summed E-state index contributed by atoms with van der Waals surface area (Å²) in [5.74, 6) is 0.00273. The fourth-order valence-corrected chi connectivity index (χ4v) is 3.11. The maximum absolute atomic E-state index is 12.6. The Kier molecular flexibility index (Phi) is 5.30. The van der Waals surface area contributed by atoms with Crippen LogP contribution in [-0.2, 0) is 0 Å². The van der Waals surface area contributed by atoms with Gasteiger partial charge in [-0.15, -0.1) is 0 Å². The summed E-state index contributed by atoms with van der Waals surface area (Å²) in [7, 11) is 0. The molecule has 0 atom stereocenters. The fourth-order valence-electron chi connectivity index (χ4n) is 3.11. The van der Waals surface area contributed by atoms with Gasteiger partial charge in [-0.1, -0.05) is 72.8 Å². The summed E-state index contributed by atoms with van der Waals surface area (Å²) in [5, 5.41) is 0. The molecule has 2 N–H and O–H groups in total. The van der Waals surface area contributed by atoms with Gasteiger partial charge in [-0.2, -0.15) is 0 Å². The van der Waals surface area contributed by atoms with Crippen LogP contribution in [0.1, 0.15) is 27.0 Å². The zero-order chi connectivity index (χ0) is 20.1. The van der Waals surface area contributed by atoms with Crippen molar-refractivity contribution in [3.63, 3.8) is 0 Å². The lowest BCUT2D eigenvalue weighted by molar-refractivity contribution is 0.103. The van der Waals surface area contributed by atoms with Crippen molar-refractivity contribution in [3.05, 3.63) is 131 Å². The molecule has 0 spiro atoms. The average molecular weight is 376 g/mol. The fraction of sp³-hybridized carbons (Fsp3) is 0. The van der Waals surface area contributed by atoms with E-state index in [1.54, 1.807) is 0 Å². The molecule has 4 aromatic carbocycles. The number of hydrogen-bond acceptors (Lipinski definition) is 3. The zero-order valence-electron chi connectivity index (χ0n) is 15.8. The highest BCUT2D eigenvalue weighted by Crippen LogP contribution is 2.21. The molecule has 29 heavy (non-hydrogen) atoms. The first-order chi connectivity index (χ1) is 14.2. The molecule has 140 valence electrons. The Hall–Kier alpha value is -3.98. The summed E-state index contributed by atoms with van der Waals surface area (Å²) in [4.78, 5) is 17.5. The van der Waals surface area contributed by atoms with Gasteiger partial charge >= 0.3 is 0 Å². The molecule has 0 aliphatic rings. The molecule has 0 aliphatic heterocycles. The summed E-state index contributed by atoms with van der Waals surface area (Å²) >= 11 is 0. The lowest BCUT2D eigenvalue weighted by Gasteiger charge is -2.09. The second-order valence-electron chi connectivity index (χ2n) is 6.69. The number of nitrogens with zero attached hydrogens (tertiary/aromatic N) is 1. The number of carbonyl (C=O) groups excluding carboxylic acids is 1. The Labute approximate surface area is 170 Å². The minimum absolute atomic E-state index is 0.00273. The molecule has 0 aromatic heterocycles. The van der Waals surface area contributed by atoms with Gasteiger partial charge in [-0.05, 0) is 36.4 Å². The van der Waals surface area contributed by atoms with Gasteiger partial charge in [0.05, 0.1) is 11.4 Å². The van der Waals surface area contributed by atoms with Crippen molar-refractivity contribution in [1.29, 1.82) is 0 Å². The molecule has 3 heteroatoms. The van der Waals surface area contributed by atoms with Gasteiger partial charge < -0.3 is 5.73 Å². The molecular weight excluding hydrogens is 356 g/mol. The lowest BCUT2D eigenvalue weighted by Crippen LogP contribution is -2.03. The van der Waals surface area contributed by atoms with E-state index in [4.69, 9.17) is 10.7 Å². The molecule has 0 saturated carbocycles. The van der Waals surface area contributed by atoms with Crippen LogP contribution in [0.15, 0.2) is 114 Å². The Morgan fingerprint density at radius 1 is 0.552 bits per heavy atom. The molecule has 0 amide bonds. The van der Waals surface area contributed by atoms with Gasteiger partial charge in [-0.25, -0.2) is 4.99 Å². The molecule has 0 aliphatic carbocycles. The Morgan fingerprint density at radius 2 is 1.00 bits per heavy atom. The normalized spacial score (nSPS) is 11.2. The molecule has 0 saturated heterocycles. The standard InChI is InChI=1S/C26H20N2O/c27-23-15-11-20(12-16-23)25(19-7-3-1-4-8-19)28-24-17-13-22(14-18-24)26(29)21-9-5-2-6-10-21/h1-18H,27H2. The van der Waals surface area contributed by atoms with Crippen LogP contribution >= 0.6 is 0 Å². The topological polar surface area (TPSA) is 55.4 Å². The van der Waals surface area contributed by atoms with E-state index in [1.165, 1.54) is 0 Å². The number of ketones is 1. The van der Waals surface area contributed by atoms with Crippen LogP contribution in [-0.4, -0.2) is 11.5 Å². The van der Waals surface area contributed by atoms with Crippen LogP contribution in [0.3, 0.4) is 0 Å². The highest BCUT2D eigenvalue weighted by molar-refractivity contribution is 6.14. The van der Waals surface area contributed by atoms with E-state index in [2.05, 4.69) is 0 Å². The summed E-state index contributed by atoms with van der Waals surface area (Å²) in [5.41, 5.74) is 11.5. The van der Waals surface area contributed by atoms with Crippen LogP contribution in [0.2, 0.25) is 0 Å². The van der Waals surface area contributed by atoms with Gasteiger partial charge in [0.2, 0.25) is 0 Å². The van der Waals surface area contributed by atoms with Gasteiger partial charge in [-0.3, -0.25) is 4.79 Å². The number of carbonyl (C=O) groups is 1. The van der Waals surface area contributed by atoms with Gasteiger partial charge in [0.15, 0.2) is 5.78 Å². The van der Waals surface area contributed by atoms with Crippen LogP contribution in [0.25, 0.3) is 0 Å². The summed E-state index contributed by atoms with van der Waals surface area (Å²) in [6.07, 6.45) is 0. The van der Waals surface area contributed by atoms with Crippen molar-refractivity contribution in [2.75, 3.05) is 5.73 Å². The molecule has 0 unspecified atom stereocenters. The van der Waals surface area contributed by atoms with E-state index in [0.717, 1.165) is 22.5 Å². The number of rotatable bonds is 5. The molecule has 0 bridgehead atoms. The SMILES string of the molecule is Nc1ccc(C(=Nc2ccc(C(=O)c3ccccc3)cc2)c2ccccc2)cc1. The van der Waals surface area contributed by atoms with Gasteiger partial charge in [0.25, 0.3) is 0 Å². The Balaban J connectivity index is 1.69. The Bertz CT molecular complexity index is 1130. The Morgan fingerprint density at radius 3 is 1.59 bits per heavy atom. The van der Waals surface area contributed by atoms with Gasteiger partial charge in [0.1, 0.15) is 0 Å². The monoisotopic (exact) mass is 376 g/mol. The van der Waals surface area contributed by atoms with E-state index in [-0.39, 0.29) is 5.78 Å². The number of aliphatic imine (C=N–C) groups is 1. The number of hydrogen-bond donors (Lipinski definition) is 1. The second-order valence-corrected chi connectivity index (χ2v) is 6.69. The molecule has 0 radical (unpaired) electrons. The van der Waals surface area contributed by atoms with Crippen LogP contribution in [0.5, 0.6) is 0 Å². The van der Waals surface area contributed by atoms with Crippen LogP contribution in [0.4, 0.5) is 11.4 Å². The lowest BCUT2D eigenvalue weighted by atomic mass is 10.0. The predicted molar refractivity (Wildman–Crippen MR) is 119 cm³/mol. The molecule has 0 heterocycles. The number of benzene rings is 4. The largest absolute Gasteiger partial charge is 0.399 e. The summed E-state index contributed by atoms with van der Waals surface area (Å²) < 4.78 is 0. The van der Waals surface area contributed by atoms with Gasteiger partial charge in [0, 0.05) is 27.9 Å².